The molecule has 0 bridgehead atoms. The first-order valence-electron chi connectivity index (χ1n) is 6.23. The Bertz CT molecular complexity index is 523. The van der Waals surface area contributed by atoms with Crippen LogP contribution in [0.5, 0.6) is 0 Å². The van der Waals surface area contributed by atoms with Gasteiger partial charge in [0.05, 0.1) is 0 Å². The Balaban J connectivity index is 0.00000361. The van der Waals surface area contributed by atoms with Crippen LogP contribution in [0, 0.1) is 11.7 Å². The number of halogens is 2. The van der Waals surface area contributed by atoms with Gasteiger partial charge in [0.25, 0.3) is 0 Å². The van der Waals surface area contributed by atoms with E-state index in [1.54, 1.807) is 0 Å². The van der Waals surface area contributed by atoms with E-state index < -0.39 is 15.8 Å². The van der Waals surface area contributed by atoms with Gasteiger partial charge < -0.3 is 5.73 Å². The van der Waals surface area contributed by atoms with Crippen LogP contribution >= 0.6 is 12.4 Å². The van der Waals surface area contributed by atoms with E-state index in [2.05, 4.69) is 0 Å². The summed E-state index contributed by atoms with van der Waals surface area (Å²) in [4.78, 5) is -0.296. The van der Waals surface area contributed by atoms with Crippen molar-refractivity contribution in [3.05, 3.63) is 30.1 Å². The van der Waals surface area contributed by atoms with Crippen LogP contribution in [0.3, 0.4) is 0 Å². The molecular formula is C13H22ClFN2O2S. The van der Waals surface area contributed by atoms with Gasteiger partial charge in [-0.25, -0.2) is 17.1 Å². The normalized spacial score (nSPS) is 13.3. The summed E-state index contributed by atoms with van der Waals surface area (Å²) in [5.41, 5.74) is 5.88. The van der Waals surface area contributed by atoms with Crippen LogP contribution in [0.15, 0.2) is 29.2 Å². The topological polar surface area (TPSA) is 63.4 Å². The third-order valence-electron chi connectivity index (χ3n) is 3.16. The molecule has 7 heteroatoms. The summed E-state index contributed by atoms with van der Waals surface area (Å²) >= 11 is 0. The Morgan fingerprint density at radius 1 is 1.30 bits per heavy atom. The van der Waals surface area contributed by atoms with Gasteiger partial charge in [-0.15, -0.1) is 12.4 Å². The molecule has 1 aromatic rings. The number of benzene rings is 1. The maximum absolute atomic E-state index is 13.5. The second-order valence-corrected chi connectivity index (χ2v) is 6.97. The predicted molar refractivity (Wildman–Crippen MR) is 80.9 cm³/mol. The highest BCUT2D eigenvalue weighted by molar-refractivity contribution is 7.89. The summed E-state index contributed by atoms with van der Waals surface area (Å²) in [7, 11) is -2.35. The maximum atomic E-state index is 13.5. The lowest BCUT2D eigenvalue weighted by molar-refractivity contribution is 0.396. The third-order valence-corrected chi connectivity index (χ3v) is 5.05. The van der Waals surface area contributed by atoms with Crippen LogP contribution in [-0.2, 0) is 10.0 Å². The van der Waals surface area contributed by atoms with Gasteiger partial charge in [0, 0.05) is 19.6 Å². The summed E-state index contributed by atoms with van der Waals surface area (Å²) in [5, 5.41) is 0. The zero-order chi connectivity index (χ0) is 14.6. The summed E-state index contributed by atoms with van der Waals surface area (Å²) < 4.78 is 39.0. The first-order valence-corrected chi connectivity index (χ1v) is 7.67. The summed E-state index contributed by atoms with van der Waals surface area (Å²) in [5.74, 6) is -0.452. The molecule has 0 fully saturated rings. The van der Waals surface area contributed by atoms with Crippen LogP contribution in [0.2, 0.25) is 0 Å². The number of nitrogens with two attached hydrogens (primary N) is 1. The van der Waals surface area contributed by atoms with Crippen molar-refractivity contribution in [2.75, 3.05) is 13.6 Å². The lowest BCUT2D eigenvalue weighted by atomic mass is 10.0. The Labute approximate surface area is 126 Å². The SMILES string of the molecule is CC(C)C(N)CCN(C)S(=O)(=O)c1ccccc1F.Cl. The lowest BCUT2D eigenvalue weighted by Crippen LogP contribution is -2.35. The van der Waals surface area contributed by atoms with E-state index in [9.17, 15) is 12.8 Å². The number of hydrogen-bond acceptors (Lipinski definition) is 3. The Morgan fingerprint density at radius 2 is 1.85 bits per heavy atom. The summed E-state index contributed by atoms with van der Waals surface area (Å²) in [6.07, 6.45) is 0.544. The molecule has 2 N–H and O–H groups in total. The van der Waals surface area contributed by atoms with Gasteiger partial charge in [-0.2, -0.15) is 0 Å². The van der Waals surface area contributed by atoms with E-state index in [1.165, 1.54) is 25.2 Å². The first-order chi connectivity index (χ1) is 8.76. The lowest BCUT2D eigenvalue weighted by Gasteiger charge is -2.21. The molecule has 0 saturated carbocycles. The van der Waals surface area contributed by atoms with E-state index >= 15 is 0 Å². The van der Waals surface area contributed by atoms with Crippen LogP contribution in [0.25, 0.3) is 0 Å². The molecule has 0 aliphatic carbocycles. The number of rotatable bonds is 6. The standard InChI is InChI=1S/C13H21FN2O2S.ClH/c1-10(2)12(15)8-9-16(3)19(17,18)13-7-5-4-6-11(13)14;/h4-7,10,12H,8-9,15H2,1-3H3;1H. The van der Waals surface area contributed by atoms with Crippen LogP contribution < -0.4 is 5.73 Å². The zero-order valence-electron chi connectivity index (χ0n) is 11.9. The van der Waals surface area contributed by atoms with E-state index in [4.69, 9.17) is 5.73 Å². The molecule has 0 heterocycles. The minimum Gasteiger partial charge on any atom is -0.327 e. The second kappa shape index (κ2) is 7.93. The molecule has 0 spiro atoms. The van der Waals surface area contributed by atoms with Gasteiger partial charge in [0.2, 0.25) is 10.0 Å². The Kier molecular flexibility index (Phi) is 7.65. The third kappa shape index (κ3) is 4.70. The highest BCUT2D eigenvalue weighted by atomic mass is 35.5. The minimum absolute atomic E-state index is 0. The van der Waals surface area contributed by atoms with Crippen molar-refractivity contribution in [3.63, 3.8) is 0 Å². The molecule has 1 unspecified atom stereocenters. The second-order valence-electron chi connectivity index (χ2n) is 4.95. The van der Waals surface area contributed by atoms with E-state index in [0.717, 1.165) is 10.4 Å². The number of nitrogens with zero attached hydrogens (tertiary/aromatic N) is 1. The molecule has 1 rings (SSSR count). The van der Waals surface area contributed by atoms with Crippen molar-refractivity contribution in [2.45, 2.75) is 31.2 Å². The first kappa shape index (κ1) is 19.3. The maximum Gasteiger partial charge on any atom is 0.245 e. The molecule has 116 valence electrons. The average Bonchev–Trinajstić information content (AvgIpc) is 2.35. The van der Waals surface area contributed by atoms with Crippen LogP contribution in [-0.4, -0.2) is 32.4 Å². The molecule has 0 saturated heterocycles. The van der Waals surface area contributed by atoms with Gasteiger partial charge >= 0.3 is 0 Å². The minimum atomic E-state index is -3.79. The molecule has 20 heavy (non-hydrogen) atoms. The number of sulfonamides is 1. The van der Waals surface area contributed by atoms with E-state index in [-0.39, 0.29) is 35.8 Å². The van der Waals surface area contributed by atoms with E-state index in [1.807, 2.05) is 13.8 Å². The van der Waals surface area contributed by atoms with Gasteiger partial charge in [-0.3, -0.25) is 0 Å². The zero-order valence-corrected chi connectivity index (χ0v) is 13.5. The summed E-state index contributed by atoms with van der Waals surface area (Å²) in [6.45, 7) is 4.24. The molecule has 0 radical (unpaired) electrons. The van der Waals surface area contributed by atoms with Crippen molar-refractivity contribution in [1.82, 2.24) is 4.31 Å². The molecule has 1 atom stereocenters. The van der Waals surface area contributed by atoms with Crippen LogP contribution in [0.1, 0.15) is 20.3 Å². The fraction of sp³-hybridized carbons (Fsp3) is 0.538. The average molecular weight is 325 g/mol. The molecule has 0 aliphatic rings. The highest BCUT2D eigenvalue weighted by Crippen LogP contribution is 2.18. The molecule has 0 amide bonds. The molecule has 0 aliphatic heterocycles. The van der Waals surface area contributed by atoms with Crippen molar-refractivity contribution in [3.8, 4) is 0 Å². The smallest absolute Gasteiger partial charge is 0.245 e. The van der Waals surface area contributed by atoms with Crippen molar-refractivity contribution >= 4 is 22.4 Å². The fourth-order valence-corrected chi connectivity index (χ4v) is 2.85. The summed E-state index contributed by atoms with van der Waals surface area (Å²) in [6, 6.07) is 5.30. The largest absolute Gasteiger partial charge is 0.327 e. The molecule has 4 nitrogen and oxygen atoms in total. The van der Waals surface area contributed by atoms with Crippen molar-refractivity contribution < 1.29 is 12.8 Å². The fourth-order valence-electron chi connectivity index (χ4n) is 1.61. The Hall–Kier alpha value is -0.690. The monoisotopic (exact) mass is 324 g/mol. The Morgan fingerprint density at radius 3 is 2.35 bits per heavy atom. The quantitative estimate of drug-likeness (QED) is 0.873. The molecule has 0 aromatic heterocycles. The predicted octanol–water partition coefficient (Wildman–Crippen LogP) is 2.24. The van der Waals surface area contributed by atoms with Gasteiger partial charge in [0.1, 0.15) is 10.7 Å². The highest BCUT2D eigenvalue weighted by Gasteiger charge is 2.24. The van der Waals surface area contributed by atoms with E-state index in [0.29, 0.717) is 6.42 Å². The van der Waals surface area contributed by atoms with Gasteiger partial charge in [-0.05, 0) is 24.5 Å². The van der Waals surface area contributed by atoms with Crippen molar-refractivity contribution in [1.29, 1.82) is 0 Å². The molecular weight excluding hydrogens is 303 g/mol. The van der Waals surface area contributed by atoms with Crippen molar-refractivity contribution in [2.24, 2.45) is 11.7 Å². The van der Waals surface area contributed by atoms with Gasteiger partial charge in [-0.1, -0.05) is 26.0 Å². The molecule has 1 aromatic carbocycles. The van der Waals surface area contributed by atoms with Crippen LogP contribution in [0.4, 0.5) is 4.39 Å². The van der Waals surface area contributed by atoms with Gasteiger partial charge in [0.15, 0.2) is 0 Å². The number of hydrogen-bond donors (Lipinski definition) is 1.